The Kier molecular flexibility index (Phi) is 10.5. The fourth-order valence-electron chi connectivity index (χ4n) is 7.55. The molecule has 2 unspecified atom stereocenters. The number of ether oxygens (including phenoxy) is 3. The molecular formula is C35H33F2N7O14P2S. The number of phosphoric acid groups is 1. The number of nitrogens with two attached hydrogens (primary N) is 1. The number of hydrogen-bond donors (Lipinski definition) is 4. The molecule has 6 heterocycles. The number of hydrogen-bond acceptors (Lipinski definition) is 18. The minimum absolute atomic E-state index is 0.00512. The van der Waals surface area contributed by atoms with E-state index < -0.39 is 99.7 Å². The third kappa shape index (κ3) is 7.60. The maximum Gasteiger partial charge on any atom is 0.473 e. The predicted molar refractivity (Wildman–Crippen MR) is 206 cm³/mol. The highest BCUT2D eigenvalue weighted by Gasteiger charge is 2.82. The van der Waals surface area contributed by atoms with Gasteiger partial charge in [0.15, 0.2) is 35.6 Å². The van der Waals surface area contributed by atoms with Gasteiger partial charge in [0.05, 0.1) is 25.1 Å². The van der Waals surface area contributed by atoms with Crippen LogP contribution in [0.25, 0.3) is 11.2 Å². The van der Waals surface area contributed by atoms with Crippen LogP contribution in [0.15, 0.2) is 77.0 Å². The fourth-order valence-corrected chi connectivity index (χ4v) is 12.0. The number of halogens is 2. The van der Waals surface area contributed by atoms with Crippen LogP contribution in [-0.4, -0.2) is 101 Å². The number of nitrogen functional groups attached to an aromatic ring is 1. The molecule has 4 fully saturated rings. The van der Waals surface area contributed by atoms with Crippen LogP contribution >= 0.6 is 26.0 Å². The Balaban J connectivity index is 1.01. The highest BCUT2D eigenvalue weighted by Crippen LogP contribution is 2.70. The predicted octanol–water partition coefficient (Wildman–Crippen LogP) is 3.42. The molecule has 26 heteroatoms. The number of carbonyl (C=O) groups is 1. The van der Waals surface area contributed by atoms with E-state index in [2.05, 4.69) is 15.0 Å². The summed E-state index contributed by atoms with van der Waals surface area (Å²) in [4.78, 5) is 62.7. The Morgan fingerprint density at radius 2 is 1.82 bits per heavy atom. The van der Waals surface area contributed by atoms with Gasteiger partial charge >= 0.3 is 26.3 Å². The second-order valence-corrected chi connectivity index (χ2v) is 19.8. The van der Waals surface area contributed by atoms with Crippen molar-refractivity contribution < 1.29 is 65.0 Å². The molecule has 1 spiro atoms. The first-order valence-electron chi connectivity index (χ1n) is 18.3. The summed E-state index contributed by atoms with van der Waals surface area (Å²) in [6.45, 7) is -4.88. The molecule has 322 valence electrons. The van der Waals surface area contributed by atoms with E-state index in [1.807, 2.05) is 4.98 Å². The molecule has 9 rings (SSSR count). The number of alkyl halides is 2. The van der Waals surface area contributed by atoms with Gasteiger partial charge in [0.25, 0.3) is 5.56 Å². The first kappa shape index (κ1) is 41.5. The summed E-state index contributed by atoms with van der Waals surface area (Å²) in [5.41, 5.74) is 3.32. The average Bonchev–Trinajstić information content (AvgIpc) is 3.43. The zero-order valence-corrected chi connectivity index (χ0v) is 33.9. The van der Waals surface area contributed by atoms with Crippen molar-refractivity contribution in [2.75, 3.05) is 18.9 Å². The van der Waals surface area contributed by atoms with Crippen molar-refractivity contribution >= 4 is 49.0 Å². The SMILES string of the molecule is Cc1cc(O)ccc1C(=O)Oc1ccc(CS[P@]2(=O)OC[C@H]3O[C@H]4C(n5cnc6c(N)ncnc65)[C@@]4(OP(=O)(O)OC[C@H]4O[C@@H](n5ccc(=O)[nH]c5=O)[C@H](O2)[C@@H]4F)[C@@H]3F)cc1. The number of H-pyrrole nitrogens is 1. The lowest BCUT2D eigenvalue weighted by molar-refractivity contribution is -0.0534. The Bertz CT molecular complexity index is 2760. The van der Waals surface area contributed by atoms with E-state index in [1.165, 1.54) is 41.2 Å². The van der Waals surface area contributed by atoms with Gasteiger partial charge in [-0.3, -0.25) is 32.4 Å². The molecule has 61 heavy (non-hydrogen) atoms. The molecule has 2 aromatic carbocycles. The molecule has 1 aliphatic carbocycles. The maximum absolute atomic E-state index is 16.8. The molecular weight excluding hydrogens is 874 g/mol. The van der Waals surface area contributed by atoms with Crippen LogP contribution in [0.5, 0.6) is 11.5 Å². The highest BCUT2D eigenvalue weighted by atomic mass is 32.7. The fraction of sp³-hybridized carbons (Fsp3) is 0.371. The molecule has 1 saturated carbocycles. The molecule has 0 radical (unpaired) electrons. The Labute approximate surface area is 345 Å². The van der Waals surface area contributed by atoms with Gasteiger partial charge in [0.1, 0.15) is 53.8 Å². The molecule has 3 aromatic heterocycles. The normalized spacial score (nSPS) is 33.5. The number of phenolic OH excluding ortho intramolecular Hbond substituents is 1. The number of rotatable bonds is 7. The lowest BCUT2D eigenvalue weighted by Crippen LogP contribution is -2.39. The van der Waals surface area contributed by atoms with E-state index in [9.17, 15) is 33.5 Å². The number of aromatic hydroxyl groups is 1. The van der Waals surface area contributed by atoms with Gasteiger partial charge in [0, 0.05) is 18.0 Å². The van der Waals surface area contributed by atoms with Crippen molar-refractivity contribution in [3.8, 4) is 11.5 Å². The average molecular weight is 908 g/mol. The number of esters is 1. The second-order valence-electron chi connectivity index (χ2n) is 14.4. The molecule has 21 nitrogen and oxygen atoms in total. The van der Waals surface area contributed by atoms with Crippen LogP contribution in [0.1, 0.15) is 33.8 Å². The number of aromatic nitrogens is 6. The molecule has 5 N–H and O–H groups in total. The zero-order chi connectivity index (χ0) is 43.0. The molecule has 3 saturated heterocycles. The number of phosphoric ester groups is 1. The maximum atomic E-state index is 16.8. The lowest BCUT2D eigenvalue weighted by Gasteiger charge is -2.29. The number of nitrogens with zero attached hydrogens (tertiary/aromatic N) is 5. The number of aromatic amines is 1. The van der Waals surface area contributed by atoms with Crippen molar-refractivity contribution in [3.63, 3.8) is 0 Å². The number of aryl methyl sites for hydroxylation is 1. The standard InChI is InChI=1S/C35H33F2N7O14P2S/c1-16-10-18(45)4-7-20(16)33(47)54-19-5-2-17(3-6-19)13-61-60(51)53-12-22-27(37)35(28(29(35)55-22)44-15-41-25-30(38)39-14-40-31(25)44)58-59(49,50)52-11-21-24(36)26(57-60)32(56-21)43-9-8-23(46)42-34(43)48/h2-10,14-15,21-22,24,26-29,32,45H,11-13H2,1H3,(H,49,50)(H2,38,39,40)(H,42,46,48)/t21-,22-,24-,26-,27-,28?,29+,32-,35+,60-/m1/s1. The van der Waals surface area contributed by atoms with Crippen molar-refractivity contribution in [2.45, 2.75) is 67.3 Å². The molecule has 5 aromatic rings. The molecule has 3 aliphatic heterocycles. The van der Waals surface area contributed by atoms with E-state index in [0.29, 0.717) is 22.5 Å². The lowest BCUT2D eigenvalue weighted by atomic mass is 10.1. The third-order valence-corrected chi connectivity index (χ3v) is 15.2. The molecule has 0 amide bonds. The monoisotopic (exact) mass is 907 g/mol. The van der Waals surface area contributed by atoms with E-state index in [4.69, 9.17) is 38.0 Å². The molecule has 4 bridgehead atoms. The smallest absolute Gasteiger partial charge is 0.473 e. The van der Waals surface area contributed by atoms with Crippen LogP contribution in [0, 0.1) is 6.92 Å². The number of phenols is 1. The molecule has 4 aliphatic rings. The van der Waals surface area contributed by atoms with E-state index in [-0.39, 0.29) is 39.8 Å². The van der Waals surface area contributed by atoms with Crippen molar-refractivity contribution in [2.24, 2.45) is 0 Å². The number of anilines is 1. The number of imidazole rings is 1. The minimum atomic E-state index is -5.30. The van der Waals surface area contributed by atoms with Crippen LogP contribution < -0.4 is 21.7 Å². The van der Waals surface area contributed by atoms with Gasteiger partial charge in [0.2, 0.25) is 0 Å². The van der Waals surface area contributed by atoms with Crippen molar-refractivity contribution in [1.82, 2.24) is 29.1 Å². The summed E-state index contributed by atoms with van der Waals surface area (Å²) in [6, 6.07) is 9.96. The van der Waals surface area contributed by atoms with Crippen molar-refractivity contribution in [1.29, 1.82) is 0 Å². The van der Waals surface area contributed by atoms with Crippen LogP contribution in [-0.2, 0) is 42.5 Å². The van der Waals surface area contributed by atoms with Crippen LogP contribution in [0.3, 0.4) is 0 Å². The highest BCUT2D eigenvalue weighted by molar-refractivity contribution is 8.54. The first-order chi connectivity index (χ1) is 29.1. The Morgan fingerprint density at radius 3 is 2.57 bits per heavy atom. The van der Waals surface area contributed by atoms with Gasteiger partial charge in [-0.15, -0.1) is 0 Å². The summed E-state index contributed by atoms with van der Waals surface area (Å²) in [6.07, 6.45) is -9.56. The topological polar surface area (TPSA) is 281 Å². The summed E-state index contributed by atoms with van der Waals surface area (Å²) < 4.78 is 103. The quantitative estimate of drug-likeness (QED) is 0.103. The van der Waals surface area contributed by atoms with Gasteiger partial charge in [-0.25, -0.2) is 42.5 Å². The molecule has 11 atom stereocenters. The summed E-state index contributed by atoms with van der Waals surface area (Å²) in [5, 5.41) is 9.68. The number of fused-ring (bicyclic) bond motifs is 4. The van der Waals surface area contributed by atoms with E-state index >= 15 is 8.78 Å². The Hall–Kier alpha value is -4.87. The minimum Gasteiger partial charge on any atom is -0.508 e. The van der Waals surface area contributed by atoms with Gasteiger partial charge < -0.3 is 34.5 Å². The number of nitrogens with one attached hydrogen (secondary N) is 1. The summed E-state index contributed by atoms with van der Waals surface area (Å²) >= 11 is 0.564. The second kappa shape index (κ2) is 15.5. The summed E-state index contributed by atoms with van der Waals surface area (Å²) in [5.74, 6) is -0.680. The van der Waals surface area contributed by atoms with E-state index in [0.717, 1.165) is 23.2 Å². The van der Waals surface area contributed by atoms with Gasteiger partial charge in [-0.05, 0) is 59.8 Å². The van der Waals surface area contributed by atoms with Crippen LogP contribution in [0.2, 0.25) is 0 Å². The summed E-state index contributed by atoms with van der Waals surface area (Å²) in [7, 11) is -5.30. The first-order valence-corrected chi connectivity index (χ1v) is 22.9. The number of carbonyl (C=O) groups excluding carboxylic acids is 1. The van der Waals surface area contributed by atoms with Crippen molar-refractivity contribution in [3.05, 3.63) is 105 Å². The van der Waals surface area contributed by atoms with Gasteiger partial charge in [-0.2, -0.15) is 0 Å². The Morgan fingerprint density at radius 1 is 1.05 bits per heavy atom. The number of benzene rings is 2. The van der Waals surface area contributed by atoms with E-state index in [1.54, 1.807) is 19.1 Å². The largest absolute Gasteiger partial charge is 0.508 e. The van der Waals surface area contributed by atoms with Crippen LogP contribution in [0.4, 0.5) is 14.6 Å². The van der Waals surface area contributed by atoms with Gasteiger partial charge in [-0.1, -0.05) is 12.1 Å². The third-order valence-electron chi connectivity index (χ3n) is 10.5. The zero-order valence-electron chi connectivity index (χ0n) is 31.3.